The molecule has 6 amide bonds. The summed E-state index contributed by atoms with van der Waals surface area (Å²) in [5, 5.41) is 10.8. The number of amides is 6. The van der Waals surface area contributed by atoms with Gasteiger partial charge in [-0.2, -0.15) is 23.5 Å². The molecule has 12 aromatic rings. The quantitative estimate of drug-likeness (QED) is 0.0534. The fraction of sp³-hybridized carbons (Fsp3) is 0.357. The van der Waals surface area contributed by atoms with E-state index in [0.29, 0.717) is 185 Å². The summed E-state index contributed by atoms with van der Waals surface area (Å²) in [5.74, 6) is 1.44. The third-order valence-electron chi connectivity index (χ3n) is 20.2. The molecule has 118 heavy (non-hydrogen) atoms. The summed E-state index contributed by atoms with van der Waals surface area (Å²) in [4.78, 5) is 110. The second-order valence-corrected chi connectivity index (χ2v) is 32.9. The lowest BCUT2D eigenvalue weighted by Crippen LogP contribution is -2.26. The average Bonchev–Trinajstić information content (AvgIpc) is 1.54. The number of alkyl halides is 4. The standard InChI is InChI=1S/C27H27Br2N5O4.C27H27N5O4S.C26H25N5O4S.C4H8Br2O/c1-32-26(35)22(20-16-33(10-14-37-12-6-28)24-18(20)4-2-8-30-24)23(27(32)36)21-17-34(11-15-38-13-7-29)25-19(21)5-3-9-31-25;1-30-26(33)22-20-16-31(24-18(20)4-2-6-28-24)8-10-35-12-14-37-15-13-36-11-9-32-17-21(23(22)27(30)34)19-5-3-7-29-25(19)32;32-25-21-19-15-30(23-17(19)3-1-5-27-23)7-9-34-11-13-36-14-12-35-10-8-31-16-20(22(21)26(33)29-25)18-4-2-6-28-24(18)31;5-1-3-7-4-2-6/h2-5,8-9,16-17H,6-7,10-15H2,1H3;2-7,16-17H,8-15H2,1H3;1-6,15-16H,7-14H2,(H,29,32,33);1-4H2. The van der Waals surface area contributed by atoms with Crippen LogP contribution in [0, 0.1) is 0 Å². The number of nitrogens with zero attached hydrogens (tertiary/aromatic N) is 14. The Morgan fingerprint density at radius 1 is 0.339 bits per heavy atom. The summed E-state index contributed by atoms with van der Waals surface area (Å²) < 4.78 is 51.7. The molecule has 34 heteroatoms. The van der Waals surface area contributed by atoms with E-state index in [1.165, 1.54) is 23.9 Å². The molecular weight excluding hydrogens is 1810 g/mol. The van der Waals surface area contributed by atoms with Crippen LogP contribution in [0.25, 0.3) is 99.6 Å². The van der Waals surface area contributed by atoms with E-state index in [1.807, 2.05) is 137 Å². The Morgan fingerprint density at radius 2 is 0.585 bits per heavy atom. The van der Waals surface area contributed by atoms with Crippen molar-refractivity contribution in [3.63, 3.8) is 0 Å². The van der Waals surface area contributed by atoms with Crippen LogP contribution in [0.1, 0.15) is 33.4 Å². The number of hydrogen-bond donors (Lipinski definition) is 1. The fourth-order valence-electron chi connectivity index (χ4n) is 14.8. The van der Waals surface area contributed by atoms with Gasteiger partial charge in [-0.05, 0) is 72.8 Å². The zero-order valence-corrected chi connectivity index (χ0v) is 73.0. The minimum absolute atomic E-state index is 0.324. The Morgan fingerprint density at radius 3 is 0.864 bits per heavy atom. The smallest absolute Gasteiger partial charge is 0.261 e. The van der Waals surface area contributed by atoms with E-state index in [9.17, 15) is 28.8 Å². The van der Waals surface area contributed by atoms with Crippen LogP contribution in [0.5, 0.6) is 0 Å². The number of pyridine rings is 6. The molecule has 0 aromatic carbocycles. The van der Waals surface area contributed by atoms with Crippen molar-refractivity contribution in [2.75, 3.05) is 151 Å². The van der Waals surface area contributed by atoms with Crippen LogP contribution in [0.3, 0.4) is 0 Å². The molecule has 0 spiro atoms. The predicted octanol–water partition coefficient (Wildman–Crippen LogP) is 11.7. The Balaban J connectivity index is 0.000000140. The number of fused-ring (bicyclic) bond motifs is 26. The highest BCUT2D eigenvalue weighted by Crippen LogP contribution is 2.44. The summed E-state index contributed by atoms with van der Waals surface area (Å²) in [7, 11) is 3.06. The minimum atomic E-state index is -0.412. The van der Waals surface area contributed by atoms with Gasteiger partial charge in [0.1, 0.15) is 33.9 Å². The maximum absolute atomic E-state index is 13.6. The van der Waals surface area contributed by atoms with Crippen molar-refractivity contribution < 1.29 is 61.9 Å². The highest BCUT2D eigenvalue weighted by Gasteiger charge is 2.42. The first-order valence-corrected chi connectivity index (χ1v) is 45.5. The lowest BCUT2D eigenvalue weighted by Gasteiger charge is -2.08. The summed E-state index contributed by atoms with van der Waals surface area (Å²) in [6.07, 6.45) is 21.9. The normalized spacial score (nSPS) is 16.4. The number of rotatable bonds is 16. The van der Waals surface area contributed by atoms with Crippen molar-refractivity contribution >= 4 is 222 Å². The van der Waals surface area contributed by atoms with Crippen LogP contribution in [-0.2, 0) is 101 Å². The van der Waals surface area contributed by atoms with Gasteiger partial charge in [-0.1, -0.05) is 63.7 Å². The number of hydrogen-bond acceptors (Lipinski definition) is 21. The zero-order chi connectivity index (χ0) is 82.0. The largest absolute Gasteiger partial charge is 0.380 e. The van der Waals surface area contributed by atoms with Gasteiger partial charge in [-0.25, -0.2) is 29.9 Å². The molecule has 17 rings (SSSR count). The monoisotopic (exact) mass is 1890 g/mol. The van der Waals surface area contributed by atoms with E-state index >= 15 is 0 Å². The lowest BCUT2D eigenvalue weighted by molar-refractivity contribution is -0.135. The number of thioether (sulfide) groups is 2. The fourth-order valence-corrected chi connectivity index (χ4v) is 17.1. The molecular formula is C84H87Br4N15O13S2. The SMILES string of the molecule is BrCCOCCBr.CN1C(=O)C(c2cn(CCOCCBr)c3ncccc23)=C(c2cn(CCOCCBr)c3ncccc23)C1=O.CN1C(=O)C2=C(C1=O)c1cn(c3ncccc13)CCOCCSCCOCCn1cc2c2cccnc21.O=C1NC(=O)C2=C1c1cn(c3ncccc13)CCOCCSCCOCCn1cc2c2cccnc21. The molecule has 0 radical (unpaired) electrons. The van der Waals surface area contributed by atoms with Crippen LogP contribution in [0.15, 0.2) is 147 Å². The van der Waals surface area contributed by atoms with E-state index in [1.54, 1.807) is 60.7 Å². The van der Waals surface area contributed by atoms with E-state index in [0.717, 1.165) is 124 Å². The molecule has 17 heterocycles. The summed E-state index contributed by atoms with van der Waals surface area (Å²) in [5.41, 5.74) is 10.8. The van der Waals surface area contributed by atoms with E-state index in [-0.39, 0.29) is 23.6 Å². The molecule has 12 aromatic heterocycles. The van der Waals surface area contributed by atoms with Crippen molar-refractivity contribution in [2.24, 2.45) is 0 Å². The van der Waals surface area contributed by atoms with Gasteiger partial charge in [-0.15, -0.1) is 0 Å². The molecule has 0 aliphatic carbocycles. The molecule has 5 aliphatic heterocycles. The van der Waals surface area contributed by atoms with Crippen LogP contribution in [-0.4, -0.2) is 253 Å². The first kappa shape index (κ1) is 85.5. The maximum atomic E-state index is 13.6. The van der Waals surface area contributed by atoms with Crippen LogP contribution < -0.4 is 5.32 Å². The Bertz CT molecular complexity index is 5430. The number of likely N-dealkylation sites (N-methyl/N-ethyl adjacent to an activating group) is 2. The number of imide groups is 3. The van der Waals surface area contributed by atoms with Crippen LogP contribution in [0.4, 0.5) is 0 Å². The Kier molecular flexibility index (Phi) is 30.0. The maximum Gasteiger partial charge on any atom is 0.261 e. The van der Waals surface area contributed by atoms with Gasteiger partial charge in [-0.3, -0.25) is 43.9 Å². The predicted molar refractivity (Wildman–Crippen MR) is 473 cm³/mol. The molecule has 0 saturated carbocycles. The van der Waals surface area contributed by atoms with Crippen molar-refractivity contribution in [1.29, 1.82) is 0 Å². The number of carbonyl (C=O) groups excluding carboxylic acids is 6. The van der Waals surface area contributed by atoms with Crippen LogP contribution >= 0.6 is 87.2 Å². The van der Waals surface area contributed by atoms with Crippen molar-refractivity contribution in [1.82, 2.24) is 72.4 Å². The number of carbonyl (C=O) groups is 6. The van der Waals surface area contributed by atoms with Crippen molar-refractivity contribution in [3.8, 4) is 0 Å². The zero-order valence-electron chi connectivity index (χ0n) is 65.1. The first-order chi connectivity index (χ1) is 57.8. The van der Waals surface area contributed by atoms with Gasteiger partial charge < -0.3 is 60.6 Å². The van der Waals surface area contributed by atoms with Crippen molar-refractivity contribution in [3.05, 3.63) is 181 Å². The molecule has 0 unspecified atom stereocenters. The first-order valence-electron chi connectivity index (χ1n) is 38.7. The number of aromatic nitrogens is 12. The molecule has 0 atom stereocenters. The van der Waals surface area contributed by atoms with Gasteiger partial charge in [0.25, 0.3) is 35.4 Å². The van der Waals surface area contributed by atoms with Crippen LogP contribution in [0.2, 0.25) is 0 Å². The number of nitrogens with one attached hydrogen (secondary N) is 1. The Labute approximate surface area is 721 Å². The van der Waals surface area contributed by atoms with E-state index in [2.05, 4.69) is 98.9 Å². The third-order valence-corrected chi connectivity index (χ3v) is 23.3. The van der Waals surface area contributed by atoms with E-state index < -0.39 is 11.8 Å². The molecule has 0 saturated heterocycles. The second-order valence-electron chi connectivity index (χ2n) is 27.3. The lowest BCUT2D eigenvalue weighted by atomic mass is 9.96. The topological polar surface area (TPSA) is 292 Å². The number of ether oxygens (including phenoxy) is 7. The summed E-state index contributed by atoms with van der Waals surface area (Å²) in [6, 6.07) is 22.7. The molecule has 0 fully saturated rings. The summed E-state index contributed by atoms with van der Waals surface area (Å²) in [6.45, 7) is 12.0. The summed E-state index contributed by atoms with van der Waals surface area (Å²) >= 11 is 16.8. The van der Waals surface area contributed by atoms with Gasteiger partial charge in [0.05, 0.1) is 126 Å². The van der Waals surface area contributed by atoms with Gasteiger partial charge in [0.15, 0.2) is 0 Å². The molecule has 616 valence electrons. The number of halogens is 4. The highest BCUT2D eigenvalue weighted by atomic mass is 79.9. The van der Waals surface area contributed by atoms with Gasteiger partial charge in [0, 0.05) is 238 Å². The highest BCUT2D eigenvalue weighted by molar-refractivity contribution is 9.09. The second kappa shape index (κ2) is 41.4. The van der Waals surface area contributed by atoms with Gasteiger partial charge >= 0.3 is 0 Å². The molecule has 28 nitrogen and oxygen atoms in total. The van der Waals surface area contributed by atoms with Gasteiger partial charge in [0.2, 0.25) is 0 Å². The van der Waals surface area contributed by atoms with Crippen molar-refractivity contribution in [2.45, 2.75) is 39.3 Å². The third kappa shape index (κ3) is 18.8. The molecule has 1 N–H and O–H groups in total. The Hall–Kier alpha value is -8.88. The molecule has 5 aliphatic rings. The van der Waals surface area contributed by atoms with E-state index in [4.69, 9.17) is 33.2 Å². The average molecular weight is 1900 g/mol. The minimum Gasteiger partial charge on any atom is -0.380 e. The molecule has 8 bridgehead atoms.